The molecule has 6 nitrogen and oxygen atoms in total. The van der Waals surface area contributed by atoms with Crippen LogP contribution in [0.2, 0.25) is 10.6 Å². The Morgan fingerprint density at radius 1 is 1.00 bits per heavy atom. The molecule has 8 heteroatoms. The number of hydrogen-bond donors (Lipinski definition) is 0. The van der Waals surface area contributed by atoms with E-state index in [-0.39, 0.29) is 16.6 Å². The smallest absolute Gasteiger partial charge is 0.336 e. The predicted molar refractivity (Wildman–Crippen MR) is 81.9 cm³/mol. The summed E-state index contributed by atoms with van der Waals surface area (Å²) >= 11 is 11.4. The molecular formula is C14H9Cl2N3O3. The van der Waals surface area contributed by atoms with Crippen molar-refractivity contribution in [2.75, 3.05) is 0 Å². The van der Waals surface area contributed by atoms with Crippen LogP contribution in [0.25, 0.3) is 11.0 Å². The van der Waals surface area contributed by atoms with E-state index in [2.05, 4.69) is 15.0 Å². The van der Waals surface area contributed by atoms with E-state index in [0.29, 0.717) is 11.3 Å². The first-order valence-electron chi connectivity index (χ1n) is 6.22. The van der Waals surface area contributed by atoms with Crippen LogP contribution >= 0.6 is 23.2 Å². The monoisotopic (exact) mass is 337 g/mol. The van der Waals surface area contributed by atoms with Crippen molar-refractivity contribution >= 4 is 34.2 Å². The second-order valence-corrected chi connectivity index (χ2v) is 5.30. The summed E-state index contributed by atoms with van der Waals surface area (Å²) in [5.74, 6) is 0.503. The Labute approximate surface area is 134 Å². The number of nitrogens with zero attached hydrogens (tertiary/aromatic N) is 3. The molecular weight excluding hydrogens is 329 g/mol. The number of ether oxygens (including phenoxy) is 1. The highest BCUT2D eigenvalue weighted by atomic mass is 35.5. The van der Waals surface area contributed by atoms with Gasteiger partial charge >= 0.3 is 11.6 Å². The zero-order valence-corrected chi connectivity index (χ0v) is 13.1. The molecule has 0 fully saturated rings. The van der Waals surface area contributed by atoms with E-state index in [0.717, 1.165) is 16.5 Å². The summed E-state index contributed by atoms with van der Waals surface area (Å²) in [4.78, 5) is 22.8. The third-order valence-electron chi connectivity index (χ3n) is 3.01. The third-order valence-corrected chi connectivity index (χ3v) is 3.35. The topological polar surface area (TPSA) is 78.1 Å². The standard InChI is InChI=1S/C14H9Cl2N3O3/c1-6-4-11(20)21-10-3-7(2)9(5-8(6)10)22-14-18-12(15)17-13(16)19-14/h3-5H,1-2H3. The van der Waals surface area contributed by atoms with Crippen LogP contribution in [0, 0.1) is 13.8 Å². The molecule has 1 aromatic carbocycles. The Balaban J connectivity index is 2.11. The molecule has 2 aromatic heterocycles. The molecule has 2 heterocycles. The second kappa shape index (κ2) is 5.55. The van der Waals surface area contributed by atoms with Gasteiger partial charge in [-0.3, -0.25) is 0 Å². The number of halogens is 2. The van der Waals surface area contributed by atoms with Gasteiger partial charge in [0, 0.05) is 11.5 Å². The number of benzene rings is 1. The van der Waals surface area contributed by atoms with Gasteiger partial charge in [-0.2, -0.15) is 15.0 Å². The van der Waals surface area contributed by atoms with Crippen LogP contribution in [0.3, 0.4) is 0 Å². The maximum atomic E-state index is 11.4. The van der Waals surface area contributed by atoms with Crippen molar-refractivity contribution in [2.45, 2.75) is 13.8 Å². The first-order valence-corrected chi connectivity index (χ1v) is 6.98. The number of rotatable bonds is 2. The lowest BCUT2D eigenvalue weighted by Gasteiger charge is -2.09. The second-order valence-electron chi connectivity index (χ2n) is 4.62. The molecule has 0 radical (unpaired) electrons. The van der Waals surface area contributed by atoms with E-state index >= 15 is 0 Å². The maximum Gasteiger partial charge on any atom is 0.336 e. The molecule has 22 heavy (non-hydrogen) atoms. The quantitative estimate of drug-likeness (QED) is 0.663. The van der Waals surface area contributed by atoms with Gasteiger partial charge in [0.15, 0.2) is 0 Å². The Morgan fingerprint density at radius 2 is 1.68 bits per heavy atom. The summed E-state index contributed by atoms with van der Waals surface area (Å²) in [7, 11) is 0. The zero-order valence-electron chi connectivity index (χ0n) is 11.6. The molecule has 112 valence electrons. The predicted octanol–water partition coefficient (Wildman–Crippen LogP) is 3.69. The van der Waals surface area contributed by atoms with Crippen LogP contribution in [0.15, 0.2) is 27.4 Å². The summed E-state index contributed by atoms with van der Waals surface area (Å²) in [6, 6.07) is 4.86. The van der Waals surface area contributed by atoms with Crippen LogP contribution in [-0.2, 0) is 0 Å². The van der Waals surface area contributed by atoms with E-state index in [1.54, 1.807) is 12.1 Å². The highest BCUT2D eigenvalue weighted by Crippen LogP contribution is 2.29. The minimum atomic E-state index is -0.394. The van der Waals surface area contributed by atoms with Gasteiger partial charge in [-0.1, -0.05) is 0 Å². The van der Waals surface area contributed by atoms with Gasteiger partial charge in [-0.15, -0.1) is 0 Å². The molecule has 3 aromatic rings. The fourth-order valence-corrected chi connectivity index (χ4v) is 2.36. The van der Waals surface area contributed by atoms with Crippen molar-refractivity contribution < 1.29 is 9.15 Å². The summed E-state index contributed by atoms with van der Waals surface area (Å²) in [6.45, 7) is 3.62. The van der Waals surface area contributed by atoms with Gasteiger partial charge in [0.25, 0.3) is 0 Å². The molecule has 0 N–H and O–H groups in total. The van der Waals surface area contributed by atoms with Crippen molar-refractivity contribution in [3.05, 3.63) is 50.3 Å². The number of aryl methyl sites for hydroxylation is 2. The largest absolute Gasteiger partial charge is 0.424 e. The lowest BCUT2D eigenvalue weighted by atomic mass is 10.1. The Bertz CT molecular complexity index is 920. The van der Waals surface area contributed by atoms with E-state index in [1.807, 2.05) is 13.8 Å². The minimum Gasteiger partial charge on any atom is -0.424 e. The van der Waals surface area contributed by atoms with Gasteiger partial charge in [0.2, 0.25) is 10.6 Å². The zero-order chi connectivity index (χ0) is 15.9. The van der Waals surface area contributed by atoms with Crippen LogP contribution in [0.4, 0.5) is 0 Å². The van der Waals surface area contributed by atoms with Crippen molar-refractivity contribution in [1.82, 2.24) is 15.0 Å². The summed E-state index contributed by atoms with van der Waals surface area (Å²) in [5.41, 5.74) is 1.62. The number of aromatic nitrogens is 3. The fourth-order valence-electron chi connectivity index (χ4n) is 2.01. The molecule has 0 aliphatic rings. The molecule has 0 bridgehead atoms. The number of hydrogen-bond acceptors (Lipinski definition) is 6. The van der Waals surface area contributed by atoms with Crippen LogP contribution in [-0.4, -0.2) is 15.0 Å². The van der Waals surface area contributed by atoms with Crippen molar-refractivity contribution in [3.8, 4) is 11.8 Å². The normalized spacial score (nSPS) is 10.9. The van der Waals surface area contributed by atoms with Crippen molar-refractivity contribution in [1.29, 1.82) is 0 Å². The lowest BCUT2D eigenvalue weighted by Crippen LogP contribution is -2.00. The molecule has 0 aliphatic carbocycles. The molecule has 3 rings (SSSR count). The summed E-state index contributed by atoms with van der Waals surface area (Å²) < 4.78 is 10.8. The van der Waals surface area contributed by atoms with Crippen molar-refractivity contribution in [3.63, 3.8) is 0 Å². The molecule has 0 spiro atoms. The molecule has 0 saturated carbocycles. The van der Waals surface area contributed by atoms with E-state index in [1.165, 1.54) is 6.07 Å². The van der Waals surface area contributed by atoms with Gasteiger partial charge in [0.05, 0.1) is 0 Å². The fraction of sp³-hybridized carbons (Fsp3) is 0.143. The average molecular weight is 338 g/mol. The lowest BCUT2D eigenvalue weighted by molar-refractivity contribution is 0.436. The Morgan fingerprint density at radius 3 is 2.36 bits per heavy atom. The summed E-state index contributed by atoms with van der Waals surface area (Å²) in [5, 5.41) is 0.637. The van der Waals surface area contributed by atoms with Gasteiger partial charge < -0.3 is 9.15 Å². The highest BCUT2D eigenvalue weighted by molar-refractivity contribution is 6.31. The first kappa shape index (κ1) is 14.7. The number of fused-ring (bicyclic) bond motifs is 1. The molecule has 0 atom stereocenters. The van der Waals surface area contributed by atoms with Crippen molar-refractivity contribution in [2.24, 2.45) is 0 Å². The minimum absolute atomic E-state index is 0.0116. The molecule has 0 saturated heterocycles. The Kier molecular flexibility index (Phi) is 3.72. The van der Waals surface area contributed by atoms with Gasteiger partial charge in [-0.25, -0.2) is 4.79 Å². The van der Waals surface area contributed by atoms with Gasteiger partial charge in [-0.05, 0) is 60.3 Å². The Hall–Kier alpha value is -2.18. The van der Waals surface area contributed by atoms with E-state index < -0.39 is 5.63 Å². The summed E-state index contributed by atoms with van der Waals surface area (Å²) in [6.07, 6.45) is 0. The van der Waals surface area contributed by atoms with Gasteiger partial charge in [0.1, 0.15) is 11.3 Å². The maximum absolute atomic E-state index is 11.4. The molecule has 0 amide bonds. The van der Waals surface area contributed by atoms with Crippen LogP contribution in [0.1, 0.15) is 11.1 Å². The first-order chi connectivity index (χ1) is 10.4. The van der Waals surface area contributed by atoms with Crippen LogP contribution < -0.4 is 10.4 Å². The SMILES string of the molecule is Cc1cc2oc(=O)cc(C)c2cc1Oc1nc(Cl)nc(Cl)n1. The average Bonchev–Trinajstić information content (AvgIpc) is 2.39. The highest BCUT2D eigenvalue weighted by Gasteiger charge is 2.11. The molecule has 0 unspecified atom stereocenters. The van der Waals surface area contributed by atoms with E-state index in [4.69, 9.17) is 32.4 Å². The van der Waals surface area contributed by atoms with E-state index in [9.17, 15) is 4.79 Å². The van der Waals surface area contributed by atoms with Crippen LogP contribution in [0.5, 0.6) is 11.8 Å². The third kappa shape index (κ3) is 2.88. The molecule has 0 aliphatic heterocycles.